The molecule has 0 aliphatic rings. The molecule has 0 saturated heterocycles. The van der Waals surface area contributed by atoms with Crippen LogP contribution >= 0.6 is 0 Å². The normalized spacial score (nSPS) is 10.9. The molecule has 0 aliphatic carbocycles. The van der Waals surface area contributed by atoms with Gasteiger partial charge in [0.25, 0.3) is 5.91 Å². The van der Waals surface area contributed by atoms with Crippen LogP contribution in [0.3, 0.4) is 0 Å². The Hall–Kier alpha value is -4.19. The minimum atomic E-state index is -0.295. The molecule has 1 heterocycles. The van der Waals surface area contributed by atoms with Crippen molar-refractivity contribution in [1.29, 1.82) is 0 Å². The van der Waals surface area contributed by atoms with E-state index in [1.54, 1.807) is 11.0 Å². The van der Waals surface area contributed by atoms with Crippen molar-refractivity contribution in [2.24, 2.45) is 5.92 Å². The van der Waals surface area contributed by atoms with Gasteiger partial charge in [0.15, 0.2) is 0 Å². The molecule has 1 aromatic heterocycles. The third kappa shape index (κ3) is 5.89. The van der Waals surface area contributed by atoms with Gasteiger partial charge in [0.2, 0.25) is 11.9 Å². The fourth-order valence-corrected chi connectivity index (χ4v) is 4.17. The minimum absolute atomic E-state index is 0.0628. The molecule has 0 aliphatic heterocycles. The number of aryl methyl sites for hydroxylation is 2. The molecule has 0 fully saturated rings. The number of carbonyl (C=O) groups excluding carboxylic acids is 2. The molecule has 36 heavy (non-hydrogen) atoms. The van der Waals surface area contributed by atoms with Crippen molar-refractivity contribution in [3.8, 4) is 16.9 Å². The number of nitrogens with zero attached hydrogens (tertiary/aromatic N) is 3. The van der Waals surface area contributed by atoms with Crippen molar-refractivity contribution in [3.05, 3.63) is 102 Å². The SMILES string of the molecule is Cc1cccc(-n2cc(-c3ccccc3)nc2NC(=O)CN(CC(C)C)C(=O)c2ccccc2C)c1. The van der Waals surface area contributed by atoms with Crippen LogP contribution in [0.2, 0.25) is 0 Å². The van der Waals surface area contributed by atoms with Gasteiger partial charge in [-0.3, -0.25) is 19.5 Å². The standard InChI is InChI=1S/C30H32N4O2/c1-21(2)18-33(29(36)26-16-9-8-12-23(26)4)20-28(35)32-30-31-27(24-13-6-5-7-14-24)19-34(30)25-15-10-11-22(3)17-25/h5-17,19,21H,18,20H2,1-4H3,(H,31,32,35). The van der Waals surface area contributed by atoms with Gasteiger partial charge >= 0.3 is 0 Å². The number of hydrogen-bond acceptors (Lipinski definition) is 3. The van der Waals surface area contributed by atoms with E-state index in [-0.39, 0.29) is 24.3 Å². The summed E-state index contributed by atoms with van der Waals surface area (Å²) in [5.41, 5.74) is 5.21. The highest BCUT2D eigenvalue weighted by Crippen LogP contribution is 2.25. The van der Waals surface area contributed by atoms with Crippen LogP contribution in [0.25, 0.3) is 16.9 Å². The molecular weight excluding hydrogens is 448 g/mol. The number of carbonyl (C=O) groups is 2. The van der Waals surface area contributed by atoms with E-state index in [0.717, 1.165) is 28.1 Å². The molecule has 4 rings (SSSR count). The fraction of sp³-hybridized carbons (Fsp3) is 0.233. The van der Waals surface area contributed by atoms with Crippen LogP contribution in [-0.2, 0) is 4.79 Å². The molecule has 1 N–H and O–H groups in total. The van der Waals surface area contributed by atoms with Gasteiger partial charge in [0.1, 0.15) is 6.54 Å². The lowest BCUT2D eigenvalue weighted by Crippen LogP contribution is -2.40. The predicted octanol–water partition coefficient (Wildman–Crippen LogP) is 5.89. The second-order valence-corrected chi connectivity index (χ2v) is 9.47. The van der Waals surface area contributed by atoms with Gasteiger partial charge in [0, 0.05) is 29.6 Å². The number of hydrogen-bond donors (Lipinski definition) is 1. The van der Waals surface area contributed by atoms with Gasteiger partial charge in [-0.15, -0.1) is 0 Å². The monoisotopic (exact) mass is 480 g/mol. The smallest absolute Gasteiger partial charge is 0.254 e. The number of nitrogens with one attached hydrogen (secondary N) is 1. The Labute approximate surface area is 212 Å². The first-order chi connectivity index (χ1) is 17.3. The summed E-state index contributed by atoms with van der Waals surface area (Å²) in [6.07, 6.45) is 1.92. The van der Waals surface area contributed by atoms with E-state index in [9.17, 15) is 9.59 Å². The van der Waals surface area contributed by atoms with Crippen LogP contribution in [0.5, 0.6) is 0 Å². The molecule has 4 aromatic rings. The van der Waals surface area contributed by atoms with E-state index in [1.165, 1.54) is 0 Å². The Kier molecular flexibility index (Phi) is 7.64. The highest BCUT2D eigenvalue weighted by molar-refractivity contribution is 6.00. The number of imidazole rings is 1. The first-order valence-electron chi connectivity index (χ1n) is 12.2. The summed E-state index contributed by atoms with van der Waals surface area (Å²) in [6, 6.07) is 25.3. The van der Waals surface area contributed by atoms with Crippen LogP contribution in [0.4, 0.5) is 5.95 Å². The maximum atomic E-state index is 13.3. The molecule has 0 radical (unpaired) electrons. The zero-order chi connectivity index (χ0) is 25.7. The topological polar surface area (TPSA) is 67.2 Å². The molecule has 3 aromatic carbocycles. The van der Waals surface area contributed by atoms with E-state index in [1.807, 2.05) is 111 Å². The second kappa shape index (κ2) is 11.0. The van der Waals surface area contributed by atoms with Crippen LogP contribution in [-0.4, -0.2) is 39.4 Å². The molecule has 6 heteroatoms. The lowest BCUT2D eigenvalue weighted by Gasteiger charge is -2.25. The highest BCUT2D eigenvalue weighted by Gasteiger charge is 2.22. The van der Waals surface area contributed by atoms with Crippen molar-refractivity contribution in [3.63, 3.8) is 0 Å². The molecular formula is C30H32N4O2. The average molecular weight is 481 g/mol. The maximum absolute atomic E-state index is 13.3. The fourth-order valence-electron chi connectivity index (χ4n) is 4.17. The molecule has 0 spiro atoms. The third-order valence-corrected chi connectivity index (χ3v) is 5.89. The zero-order valence-electron chi connectivity index (χ0n) is 21.2. The predicted molar refractivity (Wildman–Crippen MR) is 144 cm³/mol. The molecule has 0 saturated carbocycles. The number of rotatable bonds is 8. The number of aromatic nitrogens is 2. The first kappa shape index (κ1) is 24.9. The lowest BCUT2D eigenvalue weighted by molar-refractivity contribution is -0.117. The number of benzene rings is 3. The van der Waals surface area contributed by atoms with Crippen molar-refractivity contribution in [2.75, 3.05) is 18.4 Å². The van der Waals surface area contributed by atoms with Crippen molar-refractivity contribution in [2.45, 2.75) is 27.7 Å². The maximum Gasteiger partial charge on any atom is 0.254 e. The third-order valence-electron chi connectivity index (χ3n) is 5.89. The second-order valence-electron chi connectivity index (χ2n) is 9.47. The Morgan fingerprint density at radius 1 is 0.944 bits per heavy atom. The van der Waals surface area contributed by atoms with Gasteiger partial charge < -0.3 is 4.90 Å². The van der Waals surface area contributed by atoms with Crippen molar-refractivity contribution in [1.82, 2.24) is 14.5 Å². The summed E-state index contributed by atoms with van der Waals surface area (Å²) in [5, 5.41) is 2.96. The first-order valence-corrected chi connectivity index (χ1v) is 12.2. The Morgan fingerprint density at radius 3 is 2.36 bits per heavy atom. The van der Waals surface area contributed by atoms with Gasteiger partial charge in [-0.1, -0.05) is 74.5 Å². The van der Waals surface area contributed by atoms with E-state index in [4.69, 9.17) is 4.98 Å². The van der Waals surface area contributed by atoms with Crippen molar-refractivity contribution < 1.29 is 9.59 Å². The Bertz CT molecular complexity index is 1360. The Morgan fingerprint density at radius 2 is 1.67 bits per heavy atom. The summed E-state index contributed by atoms with van der Waals surface area (Å²) in [7, 11) is 0. The van der Waals surface area contributed by atoms with Gasteiger partial charge in [0.05, 0.1) is 5.69 Å². The molecule has 0 atom stereocenters. The number of amides is 2. The highest BCUT2D eigenvalue weighted by atomic mass is 16.2. The number of anilines is 1. The summed E-state index contributed by atoms with van der Waals surface area (Å²) in [4.78, 5) is 32.9. The van der Waals surface area contributed by atoms with E-state index >= 15 is 0 Å². The van der Waals surface area contributed by atoms with Crippen LogP contribution < -0.4 is 5.32 Å². The van der Waals surface area contributed by atoms with Crippen molar-refractivity contribution >= 4 is 17.8 Å². The summed E-state index contributed by atoms with van der Waals surface area (Å²) in [6.45, 7) is 8.41. The van der Waals surface area contributed by atoms with Crippen LogP contribution in [0, 0.1) is 19.8 Å². The molecule has 0 unspecified atom stereocenters. The van der Waals surface area contributed by atoms with Gasteiger partial charge in [-0.05, 0) is 49.1 Å². The van der Waals surface area contributed by atoms with E-state index < -0.39 is 0 Å². The largest absolute Gasteiger partial charge is 0.329 e. The molecule has 184 valence electrons. The molecule has 0 bridgehead atoms. The van der Waals surface area contributed by atoms with Gasteiger partial charge in [-0.2, -0.15) is 0 Å². The lowest BCUT2D eigenvalue weighted by atomic mass is 10.1. The minimum Gasteiger partial charge on any atom is -0.329 e. The van der Waals surface area contributed by atoms with E-state index in [2.05, 4.69) is 5.32 Å². The summed E-state index contributed by atoms with van der Waals surface area (Å²) >= 11 is 0. The summed E-state index contributed by atoms with van der Waals surface area (Å²) in [5.74, 6) is 0.183. The molecule has 2 amide bonds. The zero-order valence-corrected chi connectivity index (χ0v) is 21.2. The van der Waals surface area contributed by atoms with E-state index in [0.29, 0.717) is 18.1 Å². The average Bonchev–Trinajstić information content (AvgIpc) is 3.27. The quantitative estimate of drug-likeness (QED) is 0.342. The summed E-state index contributed by atoms with van der Waals surface area (Å²) < 4.78 is 1.88. The van der Waals surface area contributed by atoms with Crippen LogP contribution in [0.1, 0.15) is 35.3 Å². The molecule has 6 nitrogen and oxygen atoms in total. The van der Waals surface area contributed by atoms with Gasteiger partial charge in [-0.25, -0.2) is 4.98 Å². The van der Waals surface area contributed by atoms with Crippen LogP contribution in [0.15, 0.2) is 85.1 Å². The Balaban J connectivity index is 1.63.